The lowest BCUT2D eigenvalue weighted by Gasteiger charge is -2.14. The number of fused-ring (bicyclic) bond motifs is 1. The summed E-state index contributed by atoms with van der Waals surface area (Å²) in [5, 5.41) is 8.51. The summed E-state index contributed by atoms with van der Waals surface area (Å²) in [6, 6.07) is 4.11. The van der Waals surface area contributed by atoms with Crippen molar-refractivity contribution in [2.45, 2.75) is 13.0 Å². The molecule has 3 aromatic rings. The molecule has 19 heavy (non-hydrogen) atoms. The summed E-state index contributed by atoms with van der Waals surface area (Å²) in [6.45, 7) is 2.08. The highest BCUT2D eigenvalue weighted by Crippen LogP contribution is 2.22. The van der Waals surface area contributed by atoms with Gasteiger partial charge in [-0.05, 0) is 24.6 Å². The topological polar surface area (TPSA) is 68.5 Å². The van der Waals surface area contributed by atoms with E-state index < -0.39 is 0 Å². The Bertz CT molecular complexity index is 691. The van der Waals surface area contributed by atoms with Gasteiger partial charge in [0.05, 0.1) is 17.6 Å². The molecule has 96 valence electrons. The number of nitrogens with zero attached hydrogens (tertiary/aromatic N) is 5. The van der Waals surface area contributed by atoms with E-state index in [4.69, 9.17) is 0 Å². The van der Waals surface area contributed by atoms with E-state index in [0.29, 0.717) is 0 Å². The van der Waals surface area contributed by atoms with Crippen LogP contribution in [-0.2, 0) is 7.05 Å². The van der Waals surface area contributed by atoms with Gasteiger partial charge in [-0.1, -0.05) is 0 Å². The highest BCUT2D eigenvalue weighted by molar-refractivity contribution is 5.86. The van der Waals surface area contributed by atoms with Crippen molar-refractivity contribution >= 4 is 16.9 Å². The normalized spacial score (nSPS) is 12.5. The van der Waals surface area contributed by atoms with Gasteiger partial charge in [0.25, 0.3) is 0 Å². The van der Waals surface area contributed by atoms with Crippen LogP contribution in [0, 0.1) is 0 Å². The molecule has 0 aromatic carbocycles. The Morgan fingerprint density at radius 3 is 2.79 bits per heavy atom. The average Bonchev–Trinajstić information content (AvgIpc) is 2.83. The molecule has 0 amide bonds. The van der Waals surface area contributed by atoms with E-state index in [-0.39, 0.29) is 6.04 Å². The number of pyridine rings is 1. The highest BCUT2D eigenvalue weighted by atomic mass is 15.3. The summed E-state index contributed by atoms with van der Waals surface area (Å²) in [5.41, 5.74) is 1.98. The highest BCUT2D eigenvalue weighted by Gasteiger charge is 2.11. The summed E-state index contributed by atoms with van der Waals surface area (Å²) < 4.78 is 1.74. The number of aromatic nitrogens is 5. The predicted molar refractivity (Wildman–Crippen MR) is 72.6 cm³/mol. The van der Waals surface area contributed by atoms with Crippen LogP contribution in [-0.4, -0.2) is 24.7 Å². The minimum absolute atomic E-state index is 0.140. The minimum Gasteiger partial charge on any atom is -0.363 e. The molecule has 0 saturated carbocycles. The second-order valence-electron chi connectivity index (χ2n) is 4.37. The van der Waals surface area contributed by atoms with Crippen molar-refractivity contribution in [2.24, 2.45) is 7.05 Å². The second kappa shape index (κ2) is 4.64. The lowest BCUT2D eigenvalue weighted by atomic mass is 10.1. The van der Waals surface area contributed by atoms with Gasteiger partial charge in [-0.2, -0.15) is 5.10 Å². The van der Waals surface area contributed by atoms with E-state index in [0.717, 1.165) is 22.4 Å². The van der Waals surface area contributed by atoms with Gasteiger partial charge in [-0.3, -0.25) is 9.67 Å². The zero-order valence-corrected chi connectivity index (χ0v) is 10.8. The summed E-state index contributed by atoms with van der Waals surface area (Å²) in [7, 11) is 1.87. The van der Waals surface area contributed by atoms with E-state index >= 15 is 0 Å². The van der Waals surface area contributed by atoms with Crippen molar-refractivity contribution in [3.05, 3.63) is 42.6 Å². The summed E-state index contributed by atoms with van der Waals surface area (Å²) in [6.07, 6.45) is 6.89. The summed E-state index contributed by atoms with van der Waals surface area (Å²) in [4.78, 5) is 12.5. The zero-order valence-electron chi connectivity index (χ0n) is 10.8. The molecule has 0 spiro atoms. The van der Waals surface area contributed by atoms with Crippen LogP contribution in [0.15, 0.2) is 37.1 Å². The maximum atomic E-state index is 4.29. The average molecular weight is 254 g/mol. The fourth-order valence-corrected chi connectivity index (χ4v) is 2.02. The van der Waals surface area contributed by atoms with Gasteiger partial charge < -0.3 is 5.32 Å². The minimum atomic E-state index is 0.140. The van der Waals surface area contributed by atoms with Crippen molar-refractivity contribution in [1.29, 1.82) is 0 Å². The molecule has 0 saturated heterocycles. The molecule has 1 atom stereocenters. The zero-order chi connectivity index (χ0) is 13.2. The molecule has 0 aliphatic rings. The van der Waals surface area contributed by atoms with Crippen LogP contribution in [0.25, 0.3) is 11.0 Å². The molecule has 3 heterocycles. The van der Waals surface area contributed by atoms with Crippen LogP contribution in [0.2, 0.25) is 0 Å². The standard InChI is InChI=1S/C13H14N6/c1-9(10-3-5-14-6-4-10)18-12-11-7-17-19(2)13(11)16-8-15-12/h3-9H,1-2H3,(H,15,16,18)/t9-/m0/s1. The van der Waals surface area contributed by atoms with Crippen LogP contribution in [0.3, 0.4) is 0 Å². The number of aryl methyl sites for hydroxylation is 1. The Hall–Kier alpha value is -2.50. The first-order valence-electron chi connectivity index (χ1n) is 6.05. The van der Waals surface area contributed by atoms with Crippen LogP contribution in [0.4, 0.5) is 5.82 Å². The van der Waals surface area contributed by atoms with Crippen LogP contribution >= 0.6 is 0 Å². The molecular formula is C13H14N6. The number of nitrogens with one attached hydrogen (secondary N) is 1. The third-order valence-electron chi connectivity index (χ3n) is 3.09. The second-order valence-corrected chi connectivity index (χ2v) is 4.37. The van der Waals surface area contributed by atoms with E-state index in [1.165, 1.54) is 0 Å². The molecule has 6 nitrogen and oxygen atoms in total. The lowest BCUT2D eigenvalue weighted by Crippen LogP contribution is -2.08. The summed E-state index contributed by atoms with van der Waals surface area (Å²) in [5.74, 6) is 0.794. The predicted octanol–water partition coefficient (Wildman–Crippen LogP) is 1.93. The molecule has 3 rings (SSSR count). The number of rotatable bonds is 3. The van der Waals surface area contributed by atoms with Gasteiger partial charge in [0.1, 0.15) is 12.1 Å². The molecule has 0 fully saturated rings. The monoisotopic (exact) mass is 254 g/mol. The van der Waals surface area contributed by atoms with Crippen molar-refractivity contribution < 1.29 is 0 Å². The quantitative estimate of drug-likeness (QED) is 0.773. The van der Waals surface area contributed by atoms with Crippen molar-refractivity contribution in [3.63, 3.8) is 0 Å². The van der Waals surface area contributed by atoms with Gasteiger partial charge in [0.2, 0.25) is 0 Å². The molecular weight excluding hydrogens is 240 g/mol. The molecule has 6 heteroatoms. The Morgan fingerprint density at radius 2 is 2.00 bits per heavy atom. The van der Waals surface area contributed by atoms with Crippen molar-refractivity contribution in [3.8, 4) is 0 Å². The Labute approximate surface area is 110 Å². The maximum Gasteiger partial charge on any atom is 0.163 e. The molecule has 0 bridgehead atoms. The van der Waals surface area contributed by atoms with Gasteiger partial charge in [-0.15, -0.1) is 0 Å². The number of hydrogen-bond acceptors (Lipinski definition) is 5. The molecule has 0 aliphatic heterocycles. The molecule has 0 radical (unpaired) electrons. The molecule has 0 aliphatic carbocycles. The Morgan fingerprint density at radius 1 is 1.21 bits per heavy atom. The first-order valence-corrected chi connectivity index (χ1v) is 6.05. The molecule has 1 N–H and O–H groups in total. The van der Waals surface area contributed by atoms with E-state index in [9.17, 15) is 0 Å². The molecule has 0 unspecified atom stereocenters. The lowest BCUT2D eigenvalue weighted by molar-refractivity contribution is 0.785. The SMILES string of the molecule is C[C@H](Nc1ncnc2c1cnn2C)c1ccncc1. The third-order valence-corrected chi connectivity index (χ3v) is 3.09. The fourth-order valence-electron chi connectivity index (χ4n) is 2.02. The number of anilines is 1. The first kappa shape index (κ1) is 11.6. The van der Waals surface area contributed by atoms with Gasteiger partial charge >= 0.3 is 0 Å². The van der Waals surface area contributed by atoms with Crippen molar-refractivity contribution in [2.75, 3.05) is 5.32 Å². The van der Waals surface area contributed by atoms with Gasteiger partial charge in [0, 0.05) is 19.4 Å². The van der Waals surface area contributed by atoms with E-state index in [2.05, 4.69) is 32.3 Å². The largest absolute Gasteiger partial charge is 0.363 e. The first-order chi connectivity index (χ1) is 9.25. The fraction of sp³-hybridized carbons (Fsp3) is 0.231. The van der Waals surface area contributed by atoms with Crippen molar-refractivity contribution in [1.82, 2.24) is 24.7 Å². The third kappa shape index (κ3) is 2.12. The van der Waals surface area contributed by atoms with Crippen LogP contribution in [0.5, 0.6) is 0 Å². The van der Waals surface area contributed by atoms with Crippen LogP contribution < -0.4 is 5.32 Å². The van der Waals surface area contributed by atoms with E-state index in [1.54, 1.807) is 29.6 Å². The summed E-state index contributed by atoms with van der Waals surface area (Å²) >= 11 is 0. The number of hydrogen-bond donors (Lipinski definition) is 1. The Kier molecular flexibility index (Phi) is 2.83. The van der Waals surface area contributed by atoms with E-state index in [1.807, 2.05) is 19.2 Å². The Balaban J connectivity index is 1.93. The van der Waals surface area contributed by atoms with Gasteiger partial charge in [-0.25, -0.2) is 9.97 Å². The molecule has 3 aromatic heterocycles. The maximum absolute atomic E-state index is 4.29. The van der Waals surface area contributed by atoms with Crippen LogP contribution in [0.1, 0.15) is 18.5 Å². The van der Waals surface area contributed by atoms with Gasteiger partial charge in [0.15, 0.2) is 5.65 Å². The smallest absolute Gasteiger partial charge is 0.163 e.